The van der Waals surface area contributed by atoms with Crippen LogP contribution >= 0.6 is 15.6 Å². The summed E-state index contributed by atoms with van der Waals surface area (Å²) in [5, 5.41) is 0. The normalized spacial score (nSPS) is 16.5. The van der Waals surface area contributed by atoms with Gasteiger partial charge in [-0.05, 0) is 40.5 Å². The average molecular weight is 370 g/mol. The Labute approximate surface area is 139 Å². The number of rotatable bonds is 14. The number of phosphoric ester groups is 2. The molecule has 0 amide bonds. The maximum Gasteiger partial charge on any atom is 0.483 e. The highest BCUT2D eigenvalue weighted by Gasteiger charge is 2.40. The average Bonchev–Trinajstić information content (AvgIpc) is 2.37. The maximum atomic E-state index is 12.5. The zero-order valence-corrected chi connectivity index (χ0v) is 16.2. The van der Waals surface area contributed by atoms with Gasteiger partial charge < -0.3 is 0 Å². The van der Waals surface area contributed by atoms with Gasteiger partial charge in [-0.25, -0.2) is 9.13 Å². The van der Waals surface area contributed by atoms with Gasteiger partial charge in [-0.2, -0.15) is 4.31 Å². The second-order valence-corrected chi connectivity index (χ2v) is 8.37. The van der Waals surface area contributed by atoms with Gasteiger partial charge >= 0.3 is 15.6 Å². The van der Waals surface area contributed by atoms with Crippen molar-refractivity contribution in [2.24, 2.45) is 0 Å². The Morgan fingerprint density at radius 2 is 1.13 bits per heavy atom. The molecular weight excluding hydrogens is 342 g/mol. The minimum Gasteiger partial charge on any atom is -0.287 e. The molecule has 0 radical (unpaired) electrons. The van der Waals surface area contributed by atoms with Crippen LogP contribution in [0.5, 0.6) is 0 Å². The van der Waals surface area contributed by atoms with Crippen LogP contribution in [0.4, 0.5) is 0 Å². The van der Waals surface area contributed by atoms with Gasteiger partial charge in [0.25, 0.3) is 0 Å². The van der Waals surface area contributed by atoms with E-state index in [9.17, 15) is 9.13 Å². The van der Waals surface area contributed by atoms with Crippen molar-refractivity contribution in [1.29, 1.82) is 0 Å². The van der Waals surface area contributed by atoms with Crippen LogP contribution in [0.2, 0.25) is 0 Å². The summed E-state index contributed by atoms with van der Waals surface area (Å²) >= 11 is 0. The summed E-state index contributed by atoms with van der Waals surface area (Å²) in [6.07, 6.45) is 0.936. The van der Waals surface area contributed by atoms with E-state index in [1.807, 2.05) is 13.8 Å². The van der Waals surface area contributed by atoms with E-state index in [0.717, 1.165) is 11.1 Å². The standard InChI is InChI=1S/C14H28O7P2/c1-7-17-22(15,19-11-9-13(3)4)21-23(16,18-8-2)20-12-10-14(5)6/h3,5,7-12H2,1-2,4,6H3. The van der Waals surface area contributed by atoms with E-state index in [-0.39, 0.29) is 26.4 Å². The lowest BCUT2D eigenvalue weighted by Crippen LogP contribution is -2.05. The van der Waals surface area contributed by atoms with Crippen LogP contribution in [0.25, 0.3) is 0 Å². The molecule has 23 heavy (non-hydrogen) atoms. The maximum absolute atomic E-state index is 12.5. The molecule has 0 aromatic rings. The molecule has 2 unspecified atom stereocenters. The molecule has 0 aliphatic heterocycles. The molecule has 0 fully saturated rings. The van der Waals surface area contributed by atoms with Gasteiger partial charge in [0.1, 0.15) is 0 Å². The molecule has 0 bridgehead atoms. The highest BCUT2D eigenvalue weighted by atomic mass is 31.3. The first-order chi connectivity index (χ1) is 10.7. The van der Waals surface area contributed by atoms with E-state index in [1.165, 1.54) is 0 Å². The molecule has 136 valence electrons. The third-order valence-electron chi connectivity index (χ3n) is 2.33. The number of hydrogen-bond donors (Lipinski definition) is 0. The molecule has 0 N–H and O–H groups in total. The predicted octanol–water partition coefficient (Wildman–Crippen LogP) is 5.26. The minimum absolute atomic E-state index is 0.0578. The zero-order valence-electron chi connectivity index (χ0n) is 14.4. The van der Waals surface area contributed by atoms with Crippen molar-refractivity contribution in [2.75, 3.05) is 26.4 Å². The molecule has 0 heterocycles. The van der Waals surface area contributed by atoms with Gasteiger partial charge in [-0.15, -0.1) is 13.2 Å². The van der Waals surface area contributed by atoms with Crippen LogP contribution in [-0.2, 0) is 31.5 Å². The second kappa shape index (κ2) is 11.3. The van der Waals surface area contributed by atoms with Gasteiger partial charge in [0.2, 0.25) is 0 Å². The number of phosphoric acid groups is 2. The summed E-state index contributed by atoms with van der Waals surface area (Å²) in [4.78, 5) is 0. The summed E-state index contributed by atoms with van der Waals surface area (Å²) in [7, 11) is -8.13. The summed E-state index contributed by atoms with van der Waals surface area (Å²) in [5.74, 6) is 0. The smallest absolute Gasteiger partial charge is 0.287 e. The molecule has 0 aromatic carbocycles. The van der Waals surface area contributed by atoms with Crippen LogP contribution in [0.3, 0.4) is 0 Å². The molecule has 9 heteroatoms. The van der Waals surface area contributed by atoms with Crippen LogP contribution in [0.1, 0.15) is 40.5 Å². The highest BCUT2D eigenvalue weighted by molar-refractivity contribution is 7.62. The quantitative estimate of drug-likeness (QED) is 0.305. The van der Waals surface area contributed by atoms with Gasteiger partial charge in [0.15, 0.2) is 0 Å². The van der Waals surface area contributed by atoms with Gasteiger partial charge in [0, 0.05) is 0 Å². The summed E-state index contributed by atoms with van der Waals surface area (Å²) < 4.78 is 50.4. The van der Waals surface area contributed by atoms with E-state index in [0.29, 0.717) is 12.8 Å². The summed E-state index contributed by atoms with van der Waals surface area (Å²) in [5.41, 5.74) is 1.69. The fourth-order valence-electron chi connectivity index (χ4n) is 1.27. The van der Waals surface area contributed by atoms with E-state index in [1.54, 1.807) is 13.8 Å². The molecule has 0 saturated heterocycles. The Kier molecular flexibility index (Phi) is 11.2. The first-order valence-electron chi connectivity index (χ1n) is 7.44. The van der Waals surface area contributed by atoms with Crippen molar-refractivity contribution >= 4 is 15.6 Å². The Morgan fingerprint density at radius 3 is 1.39 bits per heavy atom. The minimum atomic E-state index is -4.07. The lowest BCUT2D eigenvalue weighted by atomic mass is 10.3. The van der Waals surface area contributed by atoms with Gasteiger partial charge in [-0.1, -0.05) is 11.1 Å². The third-order valence-corrected chi connectivity index (χ3v) is 6.08. The summed E-state index contributed by atoms with van der Waals surface area (Å²) in [6.45, 7) is 14.5. The molecule has 0 aromatic heterocycles. The molecule has 0 rings (SSSR count). The fourth-order valence-corrected chi connectivity index (χ4v) is 4.42. The Balaban J connectivity index is 4.90. The first-order valence-corrected chi connectivity index (χ1v) is 10.4. The van der Waals surface area contributed by atoms with Crippen LogP contribution in [0, 0.1) is 0 Å². The van der Waals surface area contributed by atoms with E-state index in [4.69, 9.17) is 22.4 Å². The zero-order chi connectivity index (χ0) is 17.9. The Morgan fingerprint density at radius 1 is 0.783 bits per heavy atom. The van der Waals surface area contributed by atoms with Crippen molar-refractivity contribution < 1.29 is 31.5 Å². The first kappa shape index (κ1) is 22.7. The van der Waals surface area contributed by atoms with Crippen LogP contribution in [-0.4, -0.2) is 26.4 Å². The molecule has 0 spiro atoms. The molecule has 2 atom stereocenters. The predicted molar refractivity (Wildman–Crippen MR) is 90.3 cm³/mol. The van der Waals surface area contributed by atoms with Crippen molar-refractivity contribution in [3.63, 3.8) is 0 Å². The number of hydrogen-bond acceptors (Lipinski definition) is 7. The highest BCUT2D eigenvalue weighted by Crippen LogP contribution is 2.66. The molecule has 0 saturated carbocycles. The fraction of sp³-hybridized carbons (Fsp3) is 0.714. The van der Waals surface area contributed by atoms with Crippen LogP contribution in [0.15, 0.2) is 24.3 Å². The SMILES string of the molecule is C=C(C)CCOP(=O)(OCC)OP(=O)(OCC)OCCC(=C)C. The molecule has 7 nitrogen and oxygen atoms in total. The van der Waals surface area contributed by atoms with Gasteiger partial charge in [-0.3, -0.25) is 18.1 Å². The third kappa shape index (κ3) is 11.0. The van der Waals surface area contributed by atoms with Crippen molar-refractivity contribution in [3.8, 4) is 0 Å². The van der Waals surface area contributed by atoms with E-state index >= 15 is 0 Å². The van der Waals surface area contributed by atoms with Gasteiger partial charge in [0.05, 0.1) is 26.4 Å². The molecule has 0 aliphatic rings. The molecule has 0 aliphatic carbocycles. The second-order valence-electron chi connectivity index (χ2n) is 4.89. The van der Waals surface area contributed by atoms with Crippen LogP contribution < -0.4 is 0 Å². The summed E-state index contributed by atoms with van der Waals surface area (Å²) in [6, 6.07) is 0. The van der Waals surface area contributed by atoms with Crippen molar-refractivity contribution in [3.05, 3.63) is 24.3 Å². The molecular formula is C14H28O7P2. The van der Waals surface area contributed by atoms with E-state index < -0.39 is 15.6 Å². The lowest BCUT2D eigenvalue weighted by Gasteiger charge is -2.22. The van der Waals surface area contributed by atoms with Crippen molar-refractivity contribution in [1.82, 2.24) is 0 Å². The monoisotopic (exact) mass is 370 g/mol. The Bertz CT molecular complexity index is 434. The topological polar surface area (TPSA) is 80.3 Å². The van der Waals surface area contributed by atoms with E-state index in [2.05, 4.69) is 13.2 Å². The lowest BCUT2D eigenvalue weighted by molar-refractivity contribution is 0.115. The van der Waals surface area contributed by atoms with Crippen molar-refractivity contribution in [2.45, 2.75) is 40.5 Å². The largest absolute Gasteiger partial charge is 0.483 e. The Hall–Kier alpha value is -0.260.